The van der Waals surface area contributed by atoms with Crippen LogP contribution in [0.3, 0.4) is 0 Å². The van der Waals surface area contributed by atoms with Gasteiger partial charge >= 0.3 is 0 Å². The summed E-state index contributed by atoms with van der Waals surface area (Å²) in [4.78, 5) is 0. The van der Waals surface area contributed by atoms with Crippen molar-refractivity contribution >= 4 is 0 Å². The number of halogens is 1. The summed E-state index contributed by atoms with van der Waals surface area (Å²) in [6.07, 6.45) is -1.16. The summed E-state index contributed by atoms with van der Waals surface area (Å²) in [5, 5.41) is 0. The van der Waals surface area contributed by atoms with Gasteiger partial charge in [0.2, 0.25) is 0 Å². The first kappa shape index (κ1) is 11.8. The van der Waals surface area contributed by atoms with E-state index in [4.69, 9.17) is 15.2 Å². The lowest BCUT2D eigenvalue weighted by Gasteiger charge is -2.14. The van der Waals surface area contributed by atoms with Gasteiger partial charge in [-0.3, -0.25) is 0 Å². The molecule has 0 radical (unpaired) electrons. The predicted molar refractivity (Wildman–Crippen MR) is 57.2 cm³/mol. The Kier molecular flexibility index (Phi) is 3.91. The van der Waals surface area contributed by atoms with Crippen molar-refractivity contribution in [1.29, 1.82) is 0 Å². The van der Waals surface area contributed by atoms with E-state index in [-0.39, 0.29) is 6.54 Å². The molecule has 1 rings (SSSR count). The highest BCUT2D eigenvalue weighted by molar-refractivity contribution is 5.47. The van der Waals surface area contributed by atoms with Crippen LogP contribution >= 0.6 is 0 Å². The number of methoxy groups -OCH3 is 2. The molecule has 4 heteroatoms. The van der Waals surface area contributed by atoms with Gasteiger partial charge in [-0.15, -0.1) is 0 Å². The predicted octanol–water partition coefficient (Wildman–Crippen LogP) is 1.98. The Morgan fingerprint density at radius 3 is 2.27 bits per heavy atom. The fourth-order valence-electron chi connectivity index (χ4n) is 1.46. The first-order valence-electron chi connectivity index (χ1n) is 4.70. The monoisotopic (exact) mass is 213 g/mol. The number of ether oxygens (including phenoxy) is 2. The second kappa shape index (κ2) is 4.98. The summed E-state index contributed by atoms with van der Waals surface area (Å²) in [6.45, 7) is 1.79. The molecule has 0 bridgehead atoms. The molecule has 0 aliphatic carbocycles. The summed E-state index contributed by atoms with van der Waals surface area (Å²) >= 11 is 0. The van der Waals surface area contributed by atoms with Crippen molar-refractivity contribution in [3.05, 3.63) is 23.3 Å². The minimum atomic E-state index is -1.16. The third-order valence-corrected chi connectivity index (χ3v) is 2.32. The topological polar surface area (TPSA) is 44.5 Å². The van der Waals surface area contributed by atoms with Crippen molar-refractivity contribution in [2.45, 2.75) is 13.1 Å². The number of nitrogens with two attached hydrogens (primary N) is 1. The lowest BCUT2D eigenvalue weighted by Crippen LogP contribution is -2.09. The van der Waals surface area contributed by atoms with E-state index in [0.717, 1.165) is 5.56 Å². The molecule has 0 heterocycles. The summed E-state index contributed by atoms with van der Waals surface area (Å²) in [6, 6.07) is 3.38. The summed E-state index contributed by atoms with van der Waals surface area (Å²) < 4.78 is 23.7. The van der Waals surface area contributed by atoms with E-state index in [0.29, 0.717) is 17.1 Å². The third-order valence-electron chi connectivity index (χ3n) is 2.32. The van der Waals surface area contributed by atoms with Crippen LogP contribution in [0, 0.1) is 6.92 Å². The van der Waals surface area contributed by atoms with Crippen molar-refractivity contribution < 1.29 is 13.9 Å². The Morgan fingerprint density at radius 1 is 1.27 bits per heavy atom. The largest absolute Gasteiger partial charge is 0.493 e. The summed E-state index contributed by atoms with van der Waals surface area (Å²) in [5.74, 6) is 1.12. The van der Waals surface area contributed by atoms with E-state index in [1.807, 2.05) is 6.92 Å². The molecule has 0 spiro atoms. The zero-order valence-corrected chi connectivity index (χ0v) is 9.21. The highest BCUT2D eigenvalue weighted by atomic mass is 19.1. The first-order chi connectivity index (χ1) is 7.13. The average Bonchev–Trinajstić information content (AvgIpc) is 2.27. The third kappa shape index (κ3) is 2.39. The molecule has 0 saturated carbocycles. The molecule has 2 N–H and O–H groups in total. The van der Waals surface area contributed by atoms with Crippen molar-refractivity contribution in [2.75, 3.05) is 20.8 Å². The van der Waals surface area contributed by atoms with Gasteiger partial charge in [-0.2, -0.15) is 0 Å². The molecule has 3 nitrogen and oxygen atoms in total. The molecule has 1 unspecified atom stereocenters. The Bertz CT molecular complexity index is 342. The number of benzene rings is 1. The maximum atomic E-state index is 13.5. The zero-order valence-electron chi connectivity index (χ0n) is 9.21. The minimum Gasteiger partial charge on any atom is -0.493 e. The number of aryl methyl sites for hydroxylation is 1. The number of alkyl halides is 1. The summed E-state index contributed by atoms with van der Waals surface area (Å²) in [7, 11) is 3.07. The van der Waals surface area contributed by atoms with Crippen LogP contribution in [0.15, 0.2) is 12.1 Å². The molecule has 1 aromatic rings. The Hall–Kier alpha value is -1.29. The molecule has 0 saturated heterocycles. The van der Waals surface area contributed by atoms with E-state index >= 15 is 0 Å². The highest BCUT2D eigenvalue weighted by Crippen LogP contribution is 2.33. The Balaban J connectivity index is 3.19. The van der Waals surface area contributed by atoms with Gasteiger partial charge in [-0.1, -0.05) is 0 Å². The minimum absolute atomic E-state index is 0.0314. The van der Waals surface area contributed by atoms with Gasteiger partial charge in [0.1, 0.15) is 6.17 Å². The fraction of sp³-hybridized carbons (Fsp3) is 0.455. The van der Waals surface area contributed by atoms with E-state index in [9.17, 15) is 4.39 Å². The van der Waals surface area contributed by atoms with Crippen LogP contribution < -0.4 is 15.2 Å². The average molecular weight is 213 g/mol. The number of hydrogen-bond donors (Lipinski definition) is 1. The van der Waals surface area contributed by atoms with Gasteiger partial charge in [-0.25, -0.2) is 4.39 Å². The lowest BCUT2D eigenvalue weighted by atomic mass is 10.0. The molecule has 0 aliphatic heterocycles. The van der Waals surface area contributed by atoms with E-state index < -0.39 is 6.17 Å². The van der Waals surface area contributed by atoms with E-state index in [2.05, 4.69) is 0 Å². The molecule has 1 atom stereocenters. The maximum Gasteiger partial charge on any atom is 0.161 e. The van der Waals surface area contributed by atoms with E-state index in [1.54, 1.807) is 19.2 Å². The Morgan fingerprint density at radius 2 is 1.80 bits per heavy atom. The molecule has 0 aliphatic rings. The van der Waals surface area contributed by atoms with Gasteiger partial charge in [0.05, 0.1) is 14.2 Å². The van der Waals surface area contributed by atoms with Crippen LogP contribution in [0.4, 0.5) is 4.39 Å². The normalized spacial score (nSPS) is 12.3. The van der Waals surface area contributed by atoms with Gasteiger partial charge in [0.25, 0.3) is 0 Å². The second-order valence-electron chi connectivity index (χ2n) is 3.27. The van der Waals surface area contributed by atoms with Crippen LogP contribution in [0.5, 0.6) is 11.5 Å². The standard InChI is InChI=1S/C11H16FNO2/c1-7-4-10(14-2)11(15-3)5-8(7)9(12)6-13/h4-5,9H,6,13H2,1-3H3. The van der Waals surface area contributed by atoms with Crippen molar-refractivity contribution in [3.8, 4) is 11.5 Å². The smallest absolute Gasteiger partial charge is 0.161 e. The van der Waals surface area contributed by atoms with Crippen LogP contribution in [0.25, 0.3) is 0 Å². The zero-order chi connectivity index (χ0) is 11.4. The van der Waals surface area contributed by atoms with Crippen LogP contribution in [0.2, 0.25) is 0 Å². The molecular formula is C11H16FNO2. The SMILES string of the molecule is COc1cc(C)c(C(F)CN)cc1OC. The number of rotatable bonds is 4. The molecule has 15 heavy (non-hydrogen) atoms. The molecule has 0 aromatic heterocycles. The Labute approximate surface area is 89.0 Å². The maximum absolute atomic E-state index is 13.5. The van der Waals surface area contributed by atoms with Crippen LogP contribution in [0.1, 0.15) is 17.3 Å². The highest BCUT2D eigenvalue weighted by Gasteiger charge is 2.14. The van der Waals surface area contributed by atoms with Crippen LogP contribution in [-0.2, 0) is 0 Å². The van der Waals surface area contributed by atoms with Gasteiger partial charge < -0.3 is 15.2 Å². The fourth-order valence-corrected chi connectivity index (χ4v) is 1.46. The van der Waals surface area contributed by atoms with Crippen molar-refractivity contribution in [2.24, 2.45) is 5.73 Å². The summed E-state index contributed by atoms with van der Waals surface area (Å²) in [5.41, 5.74) is 6.65. The van der Waals surface area contributed by atoms with Crippen molar-refractivity contribution in [3.63, 3.8) is 0 Å². The van der Waals surface area contributed by atoms with E-state index in [1.165, 1.54) is 7.11 Å². The van der Waals surface area contributed by atoms with Gasteiger partial charge in [0, 0.05) is 6.54 Å². The first-order valence-corrected chi connectivity index (χ1v) is 4.70. The quantitative estimate of drug-likeness (QED) is 0.831. The molecule has 84 valence electrons. The van der Waals surface area contributed by atoms with Crippen LogP contribution in [-0.4, -0.2) is 20.8 Å². The second-order valence-corrected chi connectivity index (χ2v) is 3.27. The van der Waals surface area contributed by atoms with Gasteiger partial charge in [-0.05, 0) is 30.2 Å². The molecule has 0 fully saturated rings. The number of hydrogen-bond acceptors (Lipinski definition) is 3. The van der Waals surface area contributed by atoms with Crippen molar-refractivity contribution in [1.82, 2.24) is 0 Å². The van der Waals surface area contributed by atoms with Gasteiger partial charge in [0.15, 0.2) is 11.5 Å². The lowest BCUT2D eigenvalue weighted by molar-refractivity contribution is 0.338. The molecule has 0 amide bonds. The molecular weight excluding hydrogens is 197 g/mol. The molecule has 1 aromatic carbocycles.